The summed E-state index contributed by atoms with van der Waals surface area (Å²) in [6, 6.07) is 0. The Hall–Kier alpha value is -6.20. The first-order valence-electron chi connectivity index (χ1n) is 18.7. The third-order valence-corrected chi connectivity index (χ3v) is 7.81. The van der Waals surface area contributed by atoms with Gasteiger partial charge in [0.15, 0.2) is 0 Å². The summed E-state index contributed by atoms with van der Waals surface area (Å²) in [5.41, 5.74) is -2.53. The van der Waals surface area contributed by atoms with E-state index in [0.29, 0.717) is 25.7 Å². The summed E-state index contributed by atoms with van der Waals surface area (Å²) in [5.74, 6) is -4.63. The molecular weight excluding hydrogens is 788 g/mol. The highest BCUT2D eigenvalue weighted by molar-refractivity contribution is 5.89. The second kappa shape index (κ2) is 27.5. The van der Waals surface area contributed by atoms with Crippen LogP contribution >= 0.6 is 0 Å². The van der Waals surface area contributed by atoms with Gasteiger partial charge in [-0.15, -0.1) is 0 Å². The number of esters is 6. The van der Waals surface area contributed by atoms with Crippen LogP contribution in [0.25, 0.3) is 0 Å². The molecule has 0 aromatic carbocycles. The van der Waals surface area contributed by atoms with Crippen LogP contribution < -0.4 is 10.6 Å². The van der Waals surface area contributed by atoms with Gasteiger partial charge in [-0.05, 0) is 54.4 Å². The summed E-state index contributed by atoms with van der Waals surface area (Å²) in [6.45, 7) is 26.3. The van der Waals surface area contributed by atoms with Gasteiger partial charge in [0, 0.05) is 46.5 Å². The Labute approximate surface area is 351 Å². The molecule has 0 aromatic heterocycles. The van der Waals surface area contributed by atoms with Crippen molar-refractivity contribution in [2.24, 2.45) is 10.8 Å². The van der Waals surface area contributed by atoms with Crippen LogP contribution in [0.15, 0.2) is 72.9 Å². The minimum Gasteiger partial charge on any atom is -0.461 e. The van der Waals surface area contributed by atoms with Crippen molar-refractivity contribution in [2.45, 2.75) is 67.2 Å². The molecular formula is C42H60N2O16. The number of amides is 2. The van der Waals surface area contributed by atoms with E-state index in [4.69, 9.17) is 37.9 Å². The zero-order valence-electron chi connectivity index (χ0n) is 35.7. The third-order valence-electron chi connectivity index (χ3n) is 7.81. The maximum atomic E-state index is 12.6. The Kier molecular flexibility index (Phi) is 24.6. The fraction of sp³-hybridized carbons (Fsp3) is 0.524. The van der Waals surface area contributed by atoms with E-state index in [0.717, 1.165) is 0 Å². The number of alkyl carbamates (subject to hydrolysis) is 2. The number of rotatable bonds is 29. The zero-order valence-corrected chi connectivity index (χ0v) is 35.7. The largest absolute Gasteiger partial charge is 0.461 e. The van der Waals surface area contributed by atoms with Gasteiger partial charge < -0.3 is 48.5 Å². The summed E-state index contributed by atoms with van der Waals surface area (Å²) < 4.78 is 42.4. The molecule has 0 unspecified atom stereocenters. The van der Waals surface area contributed by atoms with Crippen LogP contribution in [0.1, 0.15) is 67.2 Å². The lowest BCUT2D eigenvalue weighted by molar-refractivity contribution is -0.162. The molecule has 0 aliphatic rings. The summed E-state index contributed by atoms with van der Waals surface area (Å²) >= 11 is 0. The molecule has 0 spiro atoms. The van der Waals surface area contributed by atoms with E-state index in [1.807, 2.05) is 0 Å². The van der Waals surface area contributed by atoms with Crippen LogP contribution in [0, 0.1) is 10.8 Å². The number of unbranched alkanes of at least 4 members (excludes halogenated alkanes) is 3. The Morgan fingerprint density at radius 2 is 0.517 bits per heavy atom. The van der Waals surface area contributed by atoms with E-state index in [1.54, 1.807) is 0 Å². The van der Waals surface area contributed by atoms with Gasteiger partial charge in [0.2, 0.25) is 0 Å². The molecule has 0 aliphatic carbocycles. The molecule has 2 N–H and O–H groups in total. The first kappa shape index (κ1) is 53.8. The van der Waals surface area contributed by atoms with E-state index in [1.165, 1.54) is 41.5 Å². The van der Waals surface area contributed by atoms with Gasteiger partial charge in [0.1, 0.15) is 63.7 Å². The number of carbonyl (C=O) groups is 8. The topological polar surface area (TPSA) is 234 Å². The summed E-state index contributed by atoms with van der Waals surface area (Å²) in [6.07, 6.45) is 0.605. The van der Waals surface area contributed by atoms with Gasteiger partial charge in [-0.25, -0.2) is 38.4 Å². The average Bonchev–Trinajstić information content (AvgIpc) is 3.19. The molecule has 0 atom stereocenters. The molecule has 0 aliphatic heterocycles. The Morgan fingerprint density at radius 3 is 0.700 bits per heavy atom. The van der Waals surface area contributed by atoms with Gasteiger partial charge in [-0.1, -0.05) is 52.3 Å². The molecule has 0 rings (SSSR count). The molecule has 18 heteroatoms. The molecule has 0 bridgehead atoms. The number of carbonyl (C=O) groups excluding carboxylic acids is 8. The van der Waals surface area contributed by atoms with Crippen molar-refractivity contribution >= 4 is 48.0 Å². The van der Waals surface area contributed by atoms with Crippen molar-refractivity contribution in [1.29, 1.82) is 0 Å². The van der Waals surface area contributed by atoms with E-state index in [9.17, 15) is 38.4 Å². The van der Waals surface area contributed by atoms with Gasteiger partial charge in [0.25, 0.3) is 0 Å². The van der Waals surface area contributed by atoms with Crippen molar-refractivity contribution in [3.8, 4) is 0 Å². The van der Waals surface area contributed by atoms with Crippen LogP contribution in [-0.2, 0) is 66.7 Å². The molecule has 0 saturated carbocycles. The van der Waals surface area contributed by atoms with Crippen molar-refractivity contribution in [2.75, 3.05) is 65.9 Å². The highest BCUT2D eigenvalue weighted by Gasteiger charge is 2.39. The normalized spacial score (nSPS) is 10.7. The summed E-state index contributed by atoms with van der Waals surface area (Å²) in [4.78, 5) is 98.5. The lowest BCUT2D eigenvalue weighted by atomic mass is 9.92. The fourth-order valence-corrected chi connectivity index (χ4v) is 4.07. The first-order valence-corrected chi connectivity index (χ1v) is 18.7. The van der Waals surface area contributed by atoms with Crippen LogP contribution in [0.4, 0.5) is 9.59 Å². The maximum Gasteiger partial charge on any atom is 0.407 e. The zero-order chi connectivity index (χ0) is 46.1. The smallest absolute Gasteiger partial charge is 0.407 e. The number of ether oxygens (including phenoxy) is 8. The van der Waals surface area contributed by atoms with Crippen LogP contribution in [0.5, 0.6) is 0 Å². The van der Waals surface area contributed by atoms with E-state index in [-0.39, 0.29) is 46.5 Å². The first-order chi connectivity index (χ1) is 28.0. The third kappa shape index (κ3) is 22.7. The van der Waals surface area contributed by atoms with E-state index >= 15 is 0 Å². The van der Waals surface area contributed by atoms with E-state index in [2.05, 4.69) is 50.1 Å². The number of hydrogen-bond donors (Lipinski definition) is 2. The average molecular weight is 849 g/mol. The van der Waals surface area contributed by atoms with Crippen molar-refractivity contribution in [3.63, 3.8) is 0 Å². The highest BCUT2D eigenvalue weighted by Crippen LogP contribution is 2.24. The molecule has 0 aromatic rings. The summed E-state index contributed by atoms with van der Waals surface area (Å²) in [5, 5.41) is 5.18. The van der Waals surface area contributed by atoms with Crippen LogP contribution in [-0.4, -0.2) is 114 Å². The Morgan fingerprint density at radius 1 is 0.333 bits per heavy atom. The number of hydrogen-bond acceptors (Lipinski definition) is 16. The van der Waals surface area contributed by atoms with Crippen molar-refractivity contribution in [1.82, 2.24) is 10.6 Å². The minimum absolute atomic E-state index is 0.0782. The van der Waals surface area contributed by atoms with Gasteiger partial charge in [-0.2, -0.15) is 0 Å². The number of nitrogens with one attached hydrogen (secondary N) is 2. The molecule has 0 saturated heterocycles. The predicted octanol–water partition coefficient (Wildman–Crippen LogP) is 4.69. The van der Waals surface area contributed by atoms with Crippen LogP contribution in [0.2, 0.25) is 0 Å². The Balaban J connectivity index is 5.26. The lowest BCUT2D eigenvalue weighted by Gasteiger charge is -2.31. The van der Waals surface area contributed by atoms with Gasteiger partial charge in [-0.3, -0.25) is 0 Å². The van der Waals surface area contributed by atoms with Gasteiger partial charge >= 0.3 is 48.0 Å². The van der Waals surface area contributed by atoms with Crippen LogP contribution in [0.3, 0.4) is 0 Å². The Bertz CT molecular complexity index is 1390. The maximum absolute atomic E-state index is 12.6. The van der Waals surface area contributed by atoms with Crippen molar-refractivity contribution < 1.29 is 76.3 Å². The van der Waals surface area contributed by atoms with Crippen molar-refractivity contribution in [3.05, 3.63) is 72.9 Å². The molecule has 334 valence electrons. The highest BCUT2D eigenvalue weighted by atomic mass is 16.6. The molecule has 18 nitrogen and oxygen atoms in total. The minimum atomic E-state index is -1.50. The lowest BCUT2D eigenvalue weighted by Crippen LogP contribution is -2.45. The van der Waals surface area contributed by atoms with E-state index < -0.39 is 112 Å². The quantitative estimate of drug-likeness (QED) is 0.0450. The second-order valence-electron chi connectivity index (χ2n) is 14.6. The fourth-order valence-electron chi connectivity index (χ4n) is 4.07. The summed E-state index contributed by atoms with van der Waals surface area (Å²) in [7, 11) is 0. The molecule has 0 radical (unpaired) electrons. The molecule has 2 amide bonds. The standard InChI is InChI=1S/C42H60N2O16/c1-27(2)33(45)53-19-41(20-54-34(46)28(3)4,21-55-35(47)29(5)6)25-59-39(51)43-17-15-13-14-16-18-44-40(52)60-26-42(22-56-36(48)30(7)8,23-57-37(49)31(9)10)24-58-38(50)32(11)12/h1,3,5,7,9,11,13-26H2,2,4,6,8,10,12H3,(H,43,51)(H,44,52). The predicted molar refractivity (Wildman–Crippen MR) is 217 cm³/mol. The molecule has 0 fully saturated rings. The second-order valence-corrected chi connectivity index (χ2v) is 14.6. The molecule has 60 heavy (non-hydrogen) atoms. The SMILES string of the molecule is C=C(C)C(=O)OCC(COC(=O)NCCCCCCNC(=O)OCC(COC(=O)C(=C)C)(COC(=O)C(=C)C)COC(=O)C(=C)C)(COC(=O)C(=C)C)COC(=O)C(=C)C. The molecule has 0 heterocycles. The monoisotopic (exact) mass is 848 g/mol. The van der Waals surface area contributed by atoms with Gasteiger partial charge in [0.05, 0.1) is 0 Å².